The van der Waals surface area contributed by atoms with Crippen molar-refractivity contribution in [2.45, 2.75) is 63.2 Å². The second kappa shape index (κ2) is 8.74. The highest BCUT2D eigenvalue weighted by Crippen LogP contribution is 2.27. The Bertz CT molecular complexity index is 731. The van der Waals surface area contributed by atoms with Crippen LogP contribution in [0.1, 0.15) is 63.9 Å². The van der Waals surface area contributed by atoms with Crippen LogP contribution < -0.4 is 0 Å². The number of rotatable bonds is 5. The van der Waals surface area contributed by atoms with Gasteiger partial charge in [0.1, 0.15) is 0 Å². The molecule has 6 heteroatoms. The van der Waals surface area contributed by atoms with Crippen LogP contribution in [0.4, 0.5) is 0 Å². The largest absolute Gasteiger partial charge is 0.340 e. The van der Waals surface area contributed by atoms with E-state index >= 15 is 0 Å². The molecule has 1 aromatic rings. The van der Waals surface area contributed by atoms with E-state index in [0.29, 0.717) is 37.0 Å². The van der Waals surface area contributed by atoms with Crippen molar-refractivity contribution in [3.05, 3.63) is 29.8 Å². The molecule has 0 N–H and O–H groups in total. The summed E-state index contributed by atoms with van der Waals surface area (Å²) in [5, 5.41) is 0. The number of carbonyl (C=O) groups is 1. The highest BCUT2D eigenvalue weighted by molar-refractivity contribution is 7.89. The molecule has 2 aliphatic rings. The highest BCUT2D eigenvalue weighted by atomic mass is 32.2. The van der Waals surface area contributed by atoms with Crippen LogP contribution in [0, 0.1) is 5.92 Å². The molecular weight excluding hydrogens is 360 g/mol. The summed E-state index contributed by atoms with van der Waals surface area (Å²) in [4.78, 5) is 14.9. The zero-order valence-corrected chi connectivity index (χ0v) is 17.4. The van der Waals surface area contributed by atoms with E-state index < -0.39 is 10.0 Å². The predicted octanol–water partition coefficient (Wildman–Crippen LogP) is 3.61. The Balaban J connectivity index is 1.61. The second-order valence-electron chi connectivity index (χ2n) is 7.94. The molecule has 3 rings (SSSR count). The van der Waals surface area contributed by atoms with Gasteiger partial charge in [0.05, 0.1) is 4.90 Å². The third kappa shape index (κ3) is 4.54. The van der Waals surface area contributed by atoms with Crippen molar-refractivity contribution in [3.63, 3.8) is 0 Å². The van der Waals surface area contributed by atoms with Gasteiger partial charge in [-0.2, -0.15) is 4.31 Å². The summed E-state index contributed by atoms with van der Waals surface area (Å²) in [6.45, 7) is 6.04. The lowest BCUT2D eigenvalue weighted by Gasteiger charge is -2.36. The normalized spacial score (nSPS) is 21.2. The van der Waals surface area contributed by atoms with Crippen LogP contribution in [0.15, 0.2) is 29.2 Å². The Hall–Kier alpha value is -1.40. The van der Waals surface area contributed by atoms with Gasteiger partial charge in [-0.25, -0.2) is 8.42 Å². The molecule has 1 saturated carbocycles. The molecule has 2 fully saturated rings. The standard InChI is InChI=1S/C21H32N2O3S/c1-3-17(2)18-9-11-20(12-10-18)27(25,26)23-15-13-22(14-16-23)21(24)19-7-5-4-6-8-19/h9-12,17,19H,3-8,13-16H2,1-2H3/t17-/m1/s1. The Kier molecular flexibility index (Phi) is 6.58. The average Bonchev–Trinajstić information content (AvgIpc) is 2.73. The van der Waals surface area contributed by atoms with E-state index in [9.17, 15) is 13.2 Å². The lowest BCUT2D eigenvalue weighted by Crippen LogP contribution is -2.52. The second-order valence-corrected chi connectivity index (χ2v) is 9.88. The van der Waals surface area contributed by atoms with Gasteiger partial charge in [0, 0.05) is 32.1 Å². The maximum Gasteiger partial charge on any atom is 0.243 e. The molecule has 0 radical (unpaired) electrons. The highest BCUT2D eigenvalue weighted by Gasteiger charge is 2.32. The monoisotopic (exact) mass is 392 g/mol. The molecule has 1 amide bonds. The number of hydrogen-bond acceptors (Lipinski definition) is 3. The van der Waals surface area contributed by atoms with Crippen LogP contribution in [0.25, 0.3) is 0 Å². The van der Waals surface area contributed by atoms with Crippen molar-refractivity contribution < 1.29 is 13.2 Å². The molecule has 1 atom stereocenters. The van der Waals surface area contributed by atoms with Crippen molar-refractivity contribution in [3.8, 4) is 0 Å². The van der Waals surface area contributed by atoms with E-state index in [1.54, 1.807) is 12.1 Å². The summed E-state index contributed by atoms with van der Waals surface area (Å²) in [7, 11) is -3.49. The molecule has 5 nitrogen and oxygen atoms in total. The SMILES string of the molecule is CC[C@@H](C)c1ccc(S(=O)(=O)N2CCN(C(=O)C3CCCCC3)CC2)cc1. The van der Waals surface area contributed by atoms with E-state index in [1.807, 2.05) is 17.0 Å². The Morgan fingerprint density at radius 1 is 1.04 bits per heavy atom. The van der Waals surface area contributed by atoms with Crippen molar-refractivity contribution in [2.24, 2.45) is 5.92 Å². The third-order valence-corrected chi connectivity index (χ3v) is 8.12. The van der Waals surface area contributed by atoms with E-state index in [1.165, 1.54) is 16.3 Å². The van der Waals surface area contributed by atoms with Crippen LogP contribution in [0.3, 0.4) is 0 Å². The van der Waals surface area contributed by atoms with Gasteiger partial charge >= 0.3 is 0 Å². The minimum Gasteiger partial charge on any atom is -0.340 e. The van der Waals surface area contributed by atoms with Gasteiger partial charge in [-0.1, -0.05) is 45.2 Å². The molecule has 1 aliphatic heterocycles. The van der Waals surface area contributed by atoms with Crippen LogP contribution in [-0.2, 0) is 14.8 Å². The molecule has 1 saturated heterocycles. The van der Waals surface area contributed by atoms with Crippen molar-refractivity contribution in [1.82, 2.24) is 9.21 Å². The van der Waals surface area contributed by atoms with Gasteiger partial charge in [-0.3, -0.25) is 4.79 Å². The Labute approximate surface area is 163 Å². The first-order valence-electron chi connectivity index (χ1n) is 10.3. The molecular formula is C21H32N2O3S. The summed E-state index contributed by atoms with van der Waals surface area (Å²) in [5.41, 5.74) is 1.17. The molecule has 0 spiro atoms. The van der Waals surface area contributed by atoms with E-state index in [-0.39, 0.29) is 11.8 Å². The van der Waals surface area contributed by atoms with Crippen LogP contribution in [0.2, 0.25) is 0 Å². The molecule has 0 unspecified atom stereocenters. The van der Waals surface area contributed by atoms with E-state index in [2.05, 4.69) is 13.8 Å². The summed E-state index contributed by atoms with van der Waals surface area (Å²) >= 11 is 0. The Morgan fingerprint density at radius 3 is 2.19 bits per heavy atom. The number of piperazine rings is 1. The first-order valence-corrected chi connectivity index (χ1v) is 11.8. The molecule has 150 valence electrons. The van der Waals surface area contributed by atoms with E-state index in [4.69, 9.17) is 0 Å². The molecule has 0 bridgehead atoms. The third-order valence-electron chi connectivity index (χ3n) is 6.20. The predicted molar refractivity (Wildman–Crippen MR) is 107 cm³/mol. The number of amides is 1. The fourth-order valence-electron chi connectivity index (χ4n) is 4.11. The molecule has 1 heterocycles. The maximum atomic E-state index is 12.9. The van der Waals surface area contributed by atoms with Gasteiger partial charge in [0.15, 0.2) is 0 Å². The average molecular weight is 393 g/mol. The van der Waals surface area contributed by atoms with Gasteiger partial charge in [0.2, 0.25) is 15.9 Å². The number of carbonyl (C=O) groups excluding carboxylic acids is 1. The molecule has 0 aromatic heterocycles. The lowest BCUT2D eigenvalue weighted by atomic mass is 9.88. The van der Waals surface area contributed by atoms with E-state index in [0.717, 1.165) is 32.1 Å². The van der Waals surface area contributed by atoms with Crippen molar-refractivity contribution in [1.29, 1.82) is 0 Å². The van der Waals surface area contributed by atoms with Crippen molar-refractivity contribution in [2.75, 3.05) is 26.2 Å². The molecule has 1 aliphatic carbocycles. The van der Waals surface area contributed by atoms with Gasteiger partial charge in [-0.15, -0.1) is 0 Å². The quantitative estimate of drug-likeness (QED) is 0.769. The van der Waals surface area contributed by atoms with Crippen LogP contribution in [0.5, 0.6) is 0 Å². The fourth-order valence-corrected chi connectivity index (χ4v) is 5.53. The number of benzene rings is 1. The summed E-state index contributed by atoms with van der Waals surface area (Å²) < 4.78 is 27.4. The zero-order chi connectivity index (χ0) is 19.4. The number of hydrogen-bond donors (Lipinski definition) is 0. The van der Waals surface area contributed by atoms with Gasteiger partial charge in [0.25, 0.3) is 0 Å². The molecule has 1 aromatic carbocycles. The van der Waals surface area contributed by atoms with Crippen LogP contribution >= 0.6 is 0 Å². The minimum absolute atomic E-state index is 0.148. The van der Waals surface area contributed by atoms with Crippen LogP contribution in [-0.4, -0.2) is 49.7 Å². The molecule has 27 heavy (non-hydrogen) atoms. The Morgan fingerprint density at radius 2 is 1.63 bits per heavy atom. The number of nitrogens with zero attached hydrogens (tertiary/aromatic N) is 2. The smallest absolute Gasteiger partial charge is 0.243 e. The first-order chi connectivity index (χ1) is 12.9. The lowest BCUT2D eigenvalue weighted by molar-refractivity contribution is -0.137. The number of sulfonamides is 1. The van der Waals surface area contributed by atoms with Crippen molar-refractivity contribution >= 4 is 15.9 Å². The fraction of sp³-hybridized carbons (Fsp3) is 0.667. The topological polar surface area (TPSA) is 57.7 Å². The summed E-state index contributed by atoms with van der Waals surface area (Å²) in [5.74, 6) is 0.802. The van der Waals surface area contributed by atoms with Gasteiger partial charge in [-0.05, 0) is 42.9 Å². The summed E-state index contributed by atoms with van der Waals surface area (Å²) in [6.07, 6.45) is 6.50. The summed E-state index contributed by atoms with van der Waals surface area (Å²) in [6, 6.07) is 7.28. The maximum absolute atomic E-state index is 12.9. The minimum atomic E-state index is -3.49. The first kappa shape index (κ1) is 20.3. The van der Waals surface area contributed by atoms with Gasteiger partial charge < -0.3 is 4.90 Å². The zero-order valence-electron chi connectivity index (χ0n) is 16.6.